The van der Waals surface area contributed by atoms with E-state index in [1.165, 1.54) is 16.7 Å². The number of carbonyl (C=O) groups is 2. The van der Waals surface area contributed by atoms with Gasteiger partial charge < -0.3 is 19.9 Å². The average molecular weight is 377 g/mol. The van der Waals surface area contributed by atoms with E-state index < -0.39 is 18.0 Å². The maximum absolute atomic E-state index is 12.1. The van der Waals surface area contributed by atoms with Gasteiger partial charge in [0.15, 0.2) is 0 Å². The Labute approximate surface area is 170 Å². The fraction of sp³-hybridized carbons (Fsp3) is 0.400. The number of hydrogen-bond donors (Lipinski definition) is 1. The molecule has 0 spiro atoms. The van der Waals surface area contributed by atoms with Crippen LogP contribution in [0.15, 0.2) is 28.9 Å². The molecule has 2 aliphatic rings. The van der Waals surface area contributed by atoms with Gasteiger partial charge in [0, 0.05) is 23.3 Å². The number of carboxylic acid groups (broad SMARTS) is 1. The van der Waals surface area contributed by atoms with Gasteiger partial charge in [0.05, 0.1) is 29.7 Å². The molecule has 0 bridgehead atoms. The molecule has 0 unspecified atom stereocenters. The minimum Gasteiger partial charge on any atom is -0.543 e. The van der Waals surface area contributed by atoms with Crippen molar-refractivity contribution in [1.82, 2.24) is 9.88 Å². The van der Waals surface area contributed by atoms with Crippen LogP contribution in [0.4, 0.5) is 0 Å². The first-order chi connectivity index (χ1) is 10.9. The van der Waals surface area contributed by atoms with Crippen LogP contribution in [0, 0.1) is 5.92 Å². The summed E-state index contributed by atoms with van der Waals surface area (Å²) in [5.41, 5.74) is 0.834. The monoisotopic (exact) mass is 376 g/mol. The molecule has 3 heterocycles. The Bertz CT molecular complexity index is 695. The van der Waals surface area contributed by atoms with E-state index in [0.717, 1.165) is 5.56 Å². The number of aliphatic carboxylic acids is 1. The second kappa shape index (κ2) is 7.76. The largest absolute Gasteiger partial charge is 1.00 e. The number of rotatable bonds is 5. The van der Waals surface area contributed by atoms with Gasteiger partial charge in [-0.2, -0.15) is 0 Å². The van der Waals surface area contributed by atoms with E-state index in [1.807, 2.05) is 6.07 Å². The topological polar surface area (TPSA) is 93.6 Å². The van der Waals surface area contributed by atoms with Crippen molar-refractivity contribution >= 4 is 35.2 Å². The number of halogens is 1. The molecule has 1 fully saturated rings. The molecule has 6 nitrogen and oxygen atoms in total. The van der Waals surface area contributed by atoms with Gasteiger partial charge in [-0.05, 0) is 18.6 Å². The molecule has 9 heteroatoms. The van der Waals surface area contributed by atoms with E-state index in [4.69, 9.17) is 11.6 Å². The molecule has 24 heavy (non-hydrogen) atoms. The van der Waals surface area contributed by atoms with Gasteiger partial charge in [0.1, 0.15) is 5.15 Å². The van der Waals surface area contributed by atoms with E-state index in [-0.39, 0.29) is 47.2 Å². The quantitative estimate of drug-likeness (QED) is 0.348. The Balaban J connectivity index is 0.00000208. The molecule has 1 N–H and O–H groups in total. The van der Waals surface area contributed by atoms with Crippen LogP contribution in [-0.2, 0) is 15.3 Å². The number of amides is 1. The Morgan fingerprint density at radius 1 is 1.58 bits per heavy atom. The van der Waals surface area contributed by atoms with Gasteiger partial charge >= 0.3 is 29.6 Å². The molecular weight excluding hydrogens is 363 g/mol. The van der Waals surface area contributed by atoms with Crippen molar-refractivity contribution in [2.75, 3.05) is 0 Å². The first-order valence-electron chi connectivity index (χ1n) is 7.09. The fourth-order valence-corrected chi connectivity index (χ4v) is 4.24. The van der Waals surface area contributed by atoms with Crippen LogP contribution >= 0.6 is 23.4 Å². The standard InChI is InChI=1S/C15H15ClN2O4S.Na/c1-7(19)12-9-4-10(13(15(21)22)18(9)14(12)20)23-6-8-2-3-11(16)17-5-8;/h2-3,5,7,9,12,19H,4,6H2,1H3,(H,21,22);/q;+1/p-1/t7-,9-,12-;/m1./s1. The van der Waals surface area contributed by atoms with Gasteiger partial charge in [-0.3, -0.25) is 4.79 Å². The fourth-order valence-electron chi connectivity index (χ4n) is 3.01. The summed E-state index contributed by atoms with van der Waals surface area (Å²) in [4.78, 5) is 29.3. The molecule has 1 aromatic heterocycles. The van der Waals surface area contributed by atoms with Crippen molar-refractivity contribution in [3.05, 3.63) is 39.6 Å². The molecule has 3 atom stereocenters. The van der Waals surface area contributed by atoms with Crippen LogP contribution in [0.3, 0.4) is 0 Å². The van der Waals surface area contributed by atoms with E-state index in [1.54, 1.807) is 19.2 Å². The van der Waals surface area contributed by atoms with Crippen molar-refractivity contribution in [3.8, 4) is 0 Å². The molecule has 3 rings (SSSR count). The van der Waals surface area contributed by atoms with Crippen molar-refractivity contribution in [1.29, 1.82) is 0 Å². The average Bonchev–Trinajstić information content (AvgIpc) is 2.81. The summed E-state index contributed by atoms with van der Waals surface area (Å²) in [6, 6.07) is 3.19. The second-order valence-electron chi connectivity index (χ2n) is 5.58. The molecule has 0 radical (unpaired) electrons. The zero-order chi connectivity index (χ0) is 16.7. The maximum atomic E-state index is 12.1. The molecule has 0 aromatic carbocycles. The third kappa shape index (κ3) is 3.52. The Morgan fingerprint density at radius 3 is 2.83 bits per heavy atom. The van der Waals surface area contributed by atoms with Crippen molar-refractivity contribution in [2.24, 2.45) is 5.92 Å². The molecule has 0 aliphatic carbocycles. The van der Waals surface area contributed by atoms with Crippen molar-refractivity contribution in [3.63, 3.8) is 0 Å². The molecule has 2 aliphatic heterocycles. The number of thioether (sulfide) groups is 1. The zero-order valence-electron chi connectivity index (χ0n) is 13.2. The number of carbonyl (C=O) groups excluding carboxylic acids is 2. The van der Waals surface area contributed by atoms with Crippen LogP contribution in [0.2, 0.25) is 5.15 Å². The second-order valence-corrected chi connectivity index (χ2v) is 7.04. The zero-order valence-corrected chi connectivity index (χ0v) is 16.8. The molecule has 0 saturated carbocycles. The van der Waals surface area contributed by atoms with Gasteiger partial charge in [-0.15, -0.1) is 11.8 Å². The molecule has 1 saturated heterocycles. The number of fused-ring (bicyclic) bond motifs is 1. The number of nitrogens with zero attached hydrogens (tertiary/aromatic N) is 2. The van der Waals surface area contributed by atoms with Crippen LogP contribution in [0.1, 0.15) is 18.9 Å². The van der Waals surface area contributed by atoms with E-state index in [9.17, 15) is 19.8 Å². The van der Waals surface area contributed by atoms with E-state index in [0.29, 0.717) is 22.2 Å². The van der Waals surface area contributed by atoms with E-state index >= 15 is 0 Å². The van der Waals surface area contributed by atoms with Crippen molar-refractivity contribution < 1.29 is 49.4 Å². The number of pyridine rings is 1. The van der Waals surface area contributed by atoms with Crippen LogP contribution < -0.4 is 34.7 Å². The summed E-state index contributed by atoms with van der Waals surface area (Å²) in [6.45, 7) is 1.54. The van der Waals surface area contributed by atoms with Crippen LogP contribution in [0.25, 0.3) is 0 Å². The van der Waals surface area contributed by atoms with Crippen LogP contribution in [0.5, 0.6) is 0 Å². The van der Waals surface area contributed by atoms with Gasteiger partial charge in [0.25, 0.3) is 0 Å². The van der Waals surface area contributed by atoms with Crippen LogP contribution in [-0.4, -0.2) is 39.0 Å². The normalized spacial score (nSPS) is 23.5. The summed E-state index contributed by atoms with van der Waals surface area (Å²) >= 11 is 7.07. The molecule has 1 aromatic rings. The maximum Gasteiger partial charge on any atom is 1.00 e. The number of aliphatic hydroxyl groups is 1. The Morgan fingerprint density at radius 2 is 2.29 bits per heavy atom. The third-order valence-corrected chi connectivity index (χ3v) is 5.49. The van der Waals surface area contributed by atoms with Gasteiger partial charge in [-0.1, -0.05) is 17.7 Å². The van der Waals surface area contributed by atoms with Crippen molar-refractivity contribution in [2.45, 2.75) is 31.2 Å². The number of aromatic nitrogens is 1. The smallest absolute Gasteiger partial charge is 0.543 e. The molecule has 122 valence electrons. The number of hydrogen-bond acceptors (Lipinski definition) is 6. The van der Waals surface area contributed by atoms with Gasteiger partial charge in [0.2, 0.25) is 5.91 Å². The number of aliphatic hydroxyl groups excluding tert-OH is 1. The minimum atomic E-state index is -1.36. The summed E-state index contributed by atoms with van der Waals surface area (Å²) in [5, 5.41) is 21.5. The summed E-state index contributed by atoms with van der Waals surface area (Å²) in [7, 11) is 0. The van der Waals surface area contributed by atoms with Gasteiger partial charge in [-0.25, -0.2) is 4.98 Å². The molecular formula is C15H14ClN2NaO4S. The number of β-lactam (4-membered cyclic amide) rings is 1. The first kappa shape index (κ1) is 19.8. The predicted octanol–water partition coefficient (Wildman–Crippen LogP) is -2.45. The Kier molecular flexibility index (Phi) is 6.39. The summed E-state index contributed by atoms with van der Waals surface area (Å²) in [5.74, 6) is -1.74. The predicted molar refractivity (Wildman–Crippen MR) is 83.0 cm³/mol. The Hall–Kier alpha value is -0.570. The first-order valence-corrected chi connectivity index (χ1v) is 8.45. The van der Waals surface area contributed by atoms with E-state index in [2.05, 4.69) is 4.98 Å². The third-order valence-electron chi connectivity index (χ3n) is 4.08. The summed E-state index contributed by atoms with van der Waals surface area (Å²) in [6.07, 6.45) is 1.26. The molecule has 1 amide bonds. The SMILES string of the molecule is C[C@@H](O)[C@H]1C(=O)N2C(C(=O)[O-])=C(SCc3ccc(Cl)nc3)C[C@H]12.[Na+]. The minimum absolute atomic E-state index is 0. The number of carboxylic acids is 1. The summed E-state index contributed by atoms with van der Waals surface area (Å²) < 4.78 is 0.